The number of nitrogens with zero attached hydrogens (tertiary/aromatic N) is 1. The van der Waals surface area contributed by atoms with Gasteiger partial charge in [-0.15, -0.1) is 0 Å². The molecular formula is C11H11NO4. The third kappa shape index (κ3) is 1.71. The van der Waals surface area contributed by atoms with E-state index >= 15 is 0 Å². The van der Waals surface area contributed by atoms with Gasteiger partial charge in [0, 0.05) is 6.54 Å². The molecule has 1 aliphatic heterocycles. The first-order valence-electron chi connectivity index (χ1n) is 4.96. The lowest BCUT2D eigenvalue weighted by Gasteiger charge is -2.27. The molecule has 2 N–H and O–H groups in total. The zero-order valence-electron chi connectivity index (χ0n) is 8.51. The van der Waals surface area contributed by atoms with Crippen LogP contribution in [-0.4, -0.2) is 28.8 Å². The van der Waals surface area contributed by atoms with Gasteiger partial charge < -0.3 is 10.2 Å². The molecule has 5 nitrogen and oxygen atoms in total. The van der Waals surface area contributed by atoms with Gasteiger partial charge in [-0.2, -0.15) is 0 Å². The van der Waals surface area contributed by atoms with Crippen LogP contribution in [0.2, 0.25) is 0 Å². The van der Waals surface area contributed by atoms with E-state index in [0.29, 0.717) is 12.2 Å². The molecule has 0 spiro atoms. The number of carboxylic acids is 1. The van der Waals surface area contributed by atoms with Crippen molar-refractivity contribution in [2.24, 2.45) is 0 Å². The van der Waals surface area contributed by atoms with Crippen molar-refractivity contribution in [3.63, 3.8) is 0 Å². The number of aryl methyl sites for hydroxylation is 1. The second-order valence-electron chi connectivity index (χ2n) is 3.69. The van der Waals surface area contributed by atoms with Crippen LogP contribution in [0.25, 0.3) is 0 Å². The number of carboxylic acid groups (broad SMARTS) is 2. The van der Waals surface area contributed by atoms with Crippen molar-refractivity contribution >= 4 is 17.7 Å². The molecule has 1 amide bonds. The van der Waals surface area contributed by atoms with Gasteiger partial charge in [0.2, 0.25) is 0 Å². The molecule has 0 aromatic heterocycles. The summed E-state index contributed by atoms with van der Waals surface area (Å²) in [5.41, 5.74) is 1.59. The molecule has 0 fully saturated rings. The van der Waals surface area contributed by atoms with Crippen LogP contribution in [0.1, 0.15) is 22.3 Å². The number of aromatic carboxylic acids is 1. The number of hydrogen-bond donors (Lipinski definition) is 2. The molecule has 0 aliphatic carbocycles. The third-order valence-electron chi connectivity index (χ3n) is 2.68. The highest BCUT2D eigenvalue weighted by Crippen LogP contribution is 2.28. The van der Waals surface area contributed by atoms with E-state index in [-0.39, 0.29) is 5.56 Å². The predicted molar refractivity (Wildman–Crippen MR) is 57.1 cm³/mol. The average molecular weight is 221 g/mol. The topological polar surface area (TPSA) is 77.8 Å². The van der Waals surface area contributed by atoms with Crippen LogP contribution >= 0.6 is 0 Å². The van der Waals surface area contributed by atoms with Gasteiger partial charge in [0.25, 0.3) is 0 Å². The summed E-state index contributed by atoms with van der Waals surface area (Å²) in [6.07, 6.45) is 0.451. The quantitative estimate of drug-likeness (QED) is 0.758. The van der Waals surface area contributed by atoms with Crippen molar-refractivity contribution < 1.29 is 19.8 Å². The minimum absolute atomic E-state index is 0.200. The van der Waals surface area contributed by atoms with E-state index in [0.717, 1.165) is 18.4 Å². The van der Waals surface area contributed by atoms with Crippen LogP contribution < -0.4 is 4.90 Å². The molecule has 1 aliphatic rings. The maximum absolute atomic E-state index is 10.9. The van der Waals surface area contributed by atoms with Crippen molar-refractivity contribution in [3.8, 4) is 0 Å². The monoisotopic (exact) mass is 221 g/mol. The molecule has 0 bridgehead atoms. The molecular weight excluding hydrogens is 210 g/mol. The fraction of sp³-hybridized carbons (Fsp3) is 0.273. The first kappa shape index (κ1) is 10.5. The van der Waals surface area contributed by atoms with Crippen molar-refractivity contribution in [1.82, 2.24) is 0 Å². The third-order valence-corrected chi connectivity index (χ3v) is 2.68. The fourth-order valence-corrected chi connectivity index (χ4v) is 1.93. The SMILES string of the molecule is O=C(O)c1ccc2c(c1)CCCN2C(=O)O. The van der Waals surface area contributed by atoms with Crippen LogP contribution in [-0.2, 0) is 6.42 Å². The Bertz CT molecular complexity index is 455. The van der Waals surface area contributed by atoms with E-state index in [9.17, 15) is 9.59 Å². The maximum atomic E-state index is 10.9. The van der Waals surface area contributed by atoms with Crippen LogP contribution in [0, 0.1) is 0 Å². The van der Waals surface area contributed by atoms with E-state index in [1.165, 1.54) is 11.0 Å². The Balaban J connectivity index is 2.44. The van der Waals surface area contributed by atoms with Gasteiger partial charge >= 0.3 is 12.1 Å². The number of amides is 1. The highest BCUT2D eigenvalue weighted by atomic mass is 16.4. The van der Waals surface area contributed by atoms with Gasteiger partial charge in [-0.1, -0.05) is 0 Å². The summed E-state index contributed by atoms with van der Waals surface area (Å²) in [6.45, 7) is 0.467. The summed E-state index contributed by atoms with van der Waals surface area (Å²) in [5, 5.41) is 17.8. The summed E-state index contributed by atoms with van der Waals surface area (Å²) < 4.78 is 0. The number of carbonyl (C=O) groups is 2. The molecule has 0 radical (unpaired) electrons. The van der Waals surface area contributed by atoms with Gasteiger partial charge in [0.1, 0.15) is 0 Å². The van der Waals surface area contributed by atoms with Gasteiger partial charge in [0.05, 0.1) is 11.3 Å². The van der Waals surface area contributed by atoms with E-state index in [1.807, 2.05) is 0 Å². The molecule has 84 valence electrons. The van der Waals surface area contributed by atoms with Gasteiger partial charge in [-0.25, -0.2) is 9.59 Å². The standard InChI is InChI=1S/C11H11NO4/c13-10(14)8-3-4-9-7(6-8)2-1-5-12(9)11(15)16/h3-4,6H,1-2,5H2,(H,13,14)(H,15,16). The average Bonchev–Trinajstić information content (AvgIpc) is 2.27. The lowest BCUT2D eigenvalue weighted by atomic mass is 9.99. The van der Waals surface area contributed by atoms with E-state index in [1.54, 1.807) is 12.1 Å². The zero-order chi connectivity index (χ0) is 11.7. The minimum Gasteiger partial charge on any atom is -0.478 e. The second-order valence-corrected chi connectivity index (χ2v) is 3.69. The van der Waals surface area contributed by atoms with Crippen molar-refractivity contribution in [3.05, 3.63) is 29.3 Å². The second kappa shape index (κ2) is 3.84. The van der Waals surface area contributed by atoms with Crippen LogP contribution in [0.3, 0.4) is 0 Å². The zero-order valence-corrected chi connectivity index (χ0v) is 8.51. The largest absolute Gasteiger partial charge is 0.478 e. The number of fused-ring (bicyclic) bond motifs is 1. The summed E-state index contributed by atoms with van der Waals surface area (Å²) in [6, 6.07) is 4.54. The summed E-state index contributed by atoms with van der Waals surface area (Å²) in [5.74, 6) is -0.991. The Morgan fingerprint density at radius 2 is 2.00 bits per heavy atom. The van der Waals surface area contributed by atoms with E-state index < -0.39 is 12.1 Å². The Labute approximate surface area is 91.9 Å². The highest BCUT2D eigenvalue weighted by Gasteiger charge is 2.22. The summed E-state index contributed by atoms with van der Waals surface area (Å²) in [7, 11) is 0. The lowest BCUT2D eigenvalue weighted by molar-refractivity contribution is 0.0696. The van der Waals surface area contributed by atoms with Gasteiger partial charge in [-0.3, -0.25) is 4.90 Å². The highest BCUT2D eigenvalue weighted by molar-refractivity contribution is 5.91. The van der Waals surface area contributed by atoms with Crippen molar-refractivity contribution in [1.29, 1.82) is 0 Å². The predicted octanol–water partition coefficient (Wildman–Crippen LogP) is 1.82. The number of hydrogen-bond acceptors (Lipinski definition) is 2. The first-order valence-corrected chi connectivity index (χ1v) is 4.96. The summed E-state index contributed by atoms with van der Waals surface area (Å²) >= 11 is 0. The van der Waals surface area contributed by atoms with E-state index in [2.05, 4.69) is 0 Å². The smallest absolute Gasteiger partial charge is 0.411 e. The van der Waals surface area contributed by atoms with Gasteiger partial charge in [0.15, 0.2) is 0 Å². The number of anilines is 1. The fourth-order valence-electron chi connectivity index (χ4n) is 1.93. The Hall–Kier alpha value is -2.04. The molecule has 0 saturated heterocycles. The Morgan fingerprint density at radius 1 is 1.25 bits per heavy atom. The Kier molecular flexibility index (Phi) is 2.52. The first-order chi connectivity index (χ1) is 7.59. The van der Waals surface area contributed by atoms with Crippen LogP contribution in [0.4, 0.5) is 10.5 Å². The number of benzene rings is 1. The molecule has 0 saturated carbocycles. The molecule has 1 aromatic carbocycles. The molecule has 1 aromatic rings. The Morgan fingerprint density at radius 3 is 2.62 bits per heavy atom. The lowest BCUT2D eigenvalue weighted by Crippen LogP contribution is -2.34. The normalized spacial score (nSPS) is 14.4. The number of rotatable bonds is 1. The van der Waals surface area contributed by atoms with Crippen molar-refractivity contribution in [2.45, 2.75) is 12.8 Å². The molecule has 2 rings (SSSR count). The van der Waals surface area contributed by atoms with Crippen LogP contribution in [0.15, 0.2) is 18.2 Å². The van der Waals surface area contributed by atoms with Crippen molar-refractivity contribution in [2.75, 3.05) is 11.4 Å². The van der Waals surface area contributed by atoms with Gasteiger partial charge in [-0.05, 0) is 36.6 Å². The van der Waals surface area contributed by atoms with E-state index in [4.69, 9.17) is 10.2 Å². The maximum Gasteiger partial charge on any atom is 0.411 e. The minimum atomic E-state index is -0.996. The molecule has 16 heavy (non-hydrogen) atoms. The molecule has 0 atom stereocenters. The molecule has 0 unspecified atom stereocenters. The molecule has 1 heterocycles. The summed E-state index contributed by atoms with van der Waals surface area (Å²) in [4.78, 5) is 23.0. The molecule has 5 heteroatoms. The van der Waals surface area contributed by atoms with Crippen LogP contribution in [0.5, 0.6) is 0 Å².